The predicted molar refractivity (Wildman–Crippen MR) is 66.8 cm³/mol. The minimum absolute atomic E-state index is 0.00792. The lowest BCUT2D eigenvalue weighted by Gasteiger charge is -2.11. The number of nitrogens with two attached hydrogens (primary N) is 1. The fraction of sp³-hybridized carbons (Fsp3) is 0.364. The van der Waals surface area contributed by atoms with Gasteiger partial charge in [-0.3, -0.25) is 4.79 Å². The summed E-state index contributed by atoms with van der Waals surface area (Å²) in [6.07, 6.45) is 0.309. The number of ether oxygens (including phenoxy) is 1. The normalized spacial score (nSPS) is 11.9. The van der Waals surface area contributed by atoms with Crippen molar-refractivity contribution in [3.05, 3.63) is 23.8 Å². The van der Waals surface area contributed by atoms with Crippen LogP contribution in [0.2, 0.25) is 0 Å². The van der Waals surface area contributed by atoms with Crippen molar-refractivity contribution in [2.24, 2.45) is 5.73 Å². The van der Waals surface area contributed by atoms with Gasteiger partial charge in [-0.05, 0) is 31.0 Å². The van der Waals surface area contributed by atoms with Gasteiger partial charge in [-0.15, -0.1) is 0 Å². The summed E-state index contributed by atoms with van der Waals surface area (Å²) in [7, 11) is 2.05. The Labute approximate surface area is 102 Å². The maximum atomic E-state index is 11.3. The summed E-state index contributed by atoms with van der Waals surface area (Å²) in [5.74, 6) is -0.0876. The molecule has 0 heterocycles. The Morgan fingerprint density at radius 1 is 1.59 bits per heavy atom. The molecule has 0 spiro atoms. The minimum atomic E-state index is -0.725. The first-order valence-corrected chi connectivity index (χ1v) is 5.66. The zero-order valence-electron chi connectivity index (χ0n) is 9.55. The fourth-order valence-electron chi connectivity index (χ4n) is 1.38. The van der Waals surface area contributed by atoms with Crippen molar-refractivity contribution >= 4 is 15.4 Å². The molecule has 6 heteroatoms. The summed E-state index contributed by atoms with van der Waals surface area (Å²) in [4.78, 5) is 11.3. The number of aromatic hydroxyl groups is 1. The summed E-state index contributed by atoms with van der Waals surface area (Å²) < 4.78 is 9.63. The molecule has 2 atom stereocenters. The molecule has 1 aromatic rings. The summed E-state index contributed by atoms with van der Waals surface area (Å²) in [6.45, 7) is 2.03. The van der Waals surface area contributed by atoms with E-state index in [1.807, 2.05) is 9.47 Å². The van der Waals surface area contributed by atoms with Crippen molar-refractivity contribution in [3.63, 3.8) is 0 Å². The van der Waals surface area contributed by atoms with Gasteiger partial charge in [0.05, 0.1) is 16.1 Å². The molecule has 94 valence electrons. The van der Waals surface area contributed by atoms with Crippen molar-refractivity contribution in [1.82, 2.24) is 0 Å². The molecule has 0 fully saturated rings. The molecule has 1 rings (SSSR count). The third-order valence-electron chi connectivity index (χ3n) is 2.20. The van der Waals surface area contributed by atoms with Crippen LogP contribution in [0.3, 0.4) is 0 Å². The number of rotatable bonds is 5. The van der Waals surface area contributed by atoms with E-state index in [0.717, 1.165) is 5.56 Å². The van der Waals surface area contributed by atoms with E-state index in [1.54, 1.807) is 19.1 Å². The zero-order chi connectivity index (χ0) is 12.8. The van der Waals surface area contributed by atoms with Crippen LogP contribution in [0.25, 0.3) is 0 Å². The third-order valence-corrected chi connectivity index (χ3v) is 2.45. The smallest absolute Gasteiger partial charge is 0.323 e. The van der Waals surface area contributed by atoms with Crippen LogP contribution in [-0.4, -0.2) is 23.7 Å². The molecule has 0 aliphatic rings. The number of phenolic OH excluding ortho intramolecular Hbond substituents is 1. The number of carbonyl (C=O) groups excluding carboxylic acids is 1. The van der Waals surface area contributed by atoms with Gasteiger partial charge in [0.25, 0.3) is 0 Å². The molecule has 0 aliphatic carbocycles. The third kappa shape index (κ3) is 3.88. The Kier molecular flexibility index (Phi) is 5.19. The van der Waals surface area contributed by atoms with Gasteiger partial charge in [0.1, 0.15) is 6.04 Å². The van der Waals surface area contributed by atoms with Gasteiger partial charge in [-0.2, -0.15) is 0 Å². The molecule has 1 unspecified atom stereocenters. The van der Waals surface area contributed by atoms with E-state index in [9.17, 15) is 9.90 Å². The topological polar surface area (TPSA) is 81.8 Å². The number of hydrogen-bond acceptors (Lipinski definition) is 5. The molecular formula is C11H16NO4P. The van der Waals surface area contributed by atoms with Gasteiger partial charge in [0.2, 0.25) is 0 Å². The lowest BCUT2D eigenvalue weighted by molar-refractivity contribution is -0.144. The van der Waals surface area contributed by atoms with Crippen molar-refractivity contribution < 1.29 is 19.2 Å². The molecule has 0 amide bonds. The summed E-state index contributed by atoms with van der Waals surface area (Å²) in [5.41, 5.74) is 6.41. The molecular weight excluding hydrogens is 241 g/mol. The van der Waals surface area contributed by atoms with Crippen LogP contribution >= 0.6 is 9.47 Å². The van der Waals surface area contributed by atoms with Gasteiger partial charge >= 0.3 is 5.97 Å². The van der Waals surface area contributed by atoms with Crippen molar-refractivity contribution in [2.45, 2.75) is 19.4 Å². The lowest BCUT2D eigenvalue weighted by Crippen LogP contribution is -2.34. The Morgan fingerprint density at radius 3 is 2.82 bits per heavy atom. The molecule has 1 aromatic carbocycles. The molecule has 0 bridgehead atoms. The van der Waals surface area contributed by atoms with Crippen LogP contribution in [0.5, 0.6) is 11.5 Å². The van der Waals surface area contributed by atoms with E-state index in [-0.39, 0.29) is 5.75 Å². The average Bonchev–Trinajstić information content (AvgIpc) is 2.29. The molecule has 0 saturated carbocycles. The van der Waals surface area contributed by atoms with Gasteiger partial charge in [0, 0.05) is 0 Å². The quantitative estimate of drug-likeness (QED) is 0.607. The number of benzene rings is 1. The molecule has 0 saturated heterocycles. The van der Waals surface area contributed by atoms with Crippen molar-refractivity contribution in [3.8, 4) is 11.5 Å². The zero-order valence-corrected chi connectivity index (χ0v) is 10.7. The van der Waals surface area contributed by atoms with Gasteiger partial charge < -0.3 is 20.1 Å². The first-order valence-electron chi connectivity index (χ1n) is 5.19. The highest BCUT2D eigenvalue weighted by molar-refractivity contribution is 7.10. The summed E-state index contributed by atoms with van der Waals surface area (Å²) in [6, 6.07) is 4.13. The highest BCUT2D eigenvalue weighted by Gasteiger charge is 2.15. The van der Waals surface area contributed by atoms with Crippen LogP contribution in [0.15, 0.2) is 18.2 Å². The second kappa shape index (κ2) is 6.42. The van der Waals surface area contributed by atoms with Gasteiger partial charge in [-0.1, -0.05) is 6.07 Å². The Hall–Kier alpha value is -1.32. The molecule has 0 radical (unpaired) electrons. The average molecular weight is 257 g/mol. The van der Waals surface area contributed by atoms with Crippen LogP contribution in [0.1, 0.15) is 12.5 Å². The second-order valence-electron chi connectivity index (χ2n) is 3.48. The Balaban J connectivity index is 2.68. The van der Waals surface area contributed by atoms with E-state index in [4.69, 9.17) is 15.0 Å². The van der Waals surface area contributed by atoms with Gasteiger partial charge in [-0.25, -0.2) is 0 Å². The maximum absolute atomic E-state index is 11.3. The van der Waals surface area contributed by atoms with E-state index in [1.165, 1.54) is 6.07 Å². The molecule has 0 aliphatic heterocycles. The molecule has 17 heavy (non-hydrogen) atoms. The SMILES string of the molecule is CCOC(=O)[C@@H](N)Cc1ccc(OP)c(O)c1. The monoisotopic (exact) mass is 257 g/mol. The second-order valence-corrected chi connectivity index (χ2v) is 3.72. The van der Waals surface area contributed by atoms with Crippen LogP contribution in [0, 0.1) is 0 Å². The number of carbonyl (C=O) groups is 1. The standard InChI is InChI=1S/C11H16NO4P/c1-2-15-11(14)8(12)5-7-3-4-10(16-17)9(13)6-7/h3-4,6,8,13H,2,5,12,17H2,1H3/t8-/m0/s1. The summed E-state index contributed by atoms with van der Waals surface area (Å²) >= 11 is 0. The largest absolute Gasteiger partial charge is 0.504 e. The number of phenols is 1. The first-order chi connectivity index (χ1) is 8.08. The first kappa shape index (κ1) is 13.7. The van der Waals surface area contributed by atoms with Gasteiger partial charge in [0.15, 0.2) is 11.5 Å². The molecule has 3 N–H and O–H groups in total. The Morgan fingerprint density at radius 2 is 2.29 bits per heavy atom. The van der Waals surface area contributed by atoms with Crippen LogP contribution in [-0.2, 0) is 16.0 Å². The highest BCUT2D eigenvalue weighted by atomic mass is 31.0. The number of esters is 1. The Bertz CT molecular complexity index is 397. The van der Waals surface area contributed by atoms with Crippen LogP contribution in [0.4, 0.5) is 0 Å². The minimum Gasteiger partial charge on any atom is -0.504 e. The number of hydrogen-bond donors (Lipinski definition) is 2. The predicted octanol–water partition coefficient (Wildman–Crippen LogP) is 0.994. The van der Waals surface area contributed by atoms with Crippen molar-refractivity contribution in [2.75, 3.05) is 6.61 Å². The van der Waals surface area contributed by atoms with E-state index in [2.05, 4.69) is 0 Å². The van der Waals surface area contributed by atoms with E-state index >= 15 is 0 Å². The highest BCUT2D eigenvalue weighted by Crippen LogP contribution is 2.28. The summed E-state index contributed by atoms with van der Waals surface area (Å²) in [5, 5.41) is 9.55. The maximum Gasteiger partial charge on any atom is 0.323 e. The van der Waals surface area contributed by atoms with Crippen molar-refractivity contribution in [1.29, 1.82) is 0 Å². The molecule has 5 nitrogen and oxygen atoms in total. The van der Waals surface area contributed by atoms with E-state index in [0.29, 0.717) is 18.8 Å². The fourth-order valence-corrected chi connectivity index (χ4v) is 1.58. The van der Waals surface area contributed by atoms with E-state index < -0.39 is 12.0 Å². The van der Waals surface area contributed by atoms with Crippen LogP contribution < -0.4 is 10.3 Å². The lowest BCUT2D eigenvalue weighted by atomic mass is 10.1. The molecule has 0 aromatic heterocycles.